The summed E-state index contributed by atoms with van der Waals surface area (Å²) in [6.45, 7) is 6.98. The van der Waals surface area contributed by atoms with Crippen molar-refractivity contribution in [2.45, 2.75) is 58.0 Å². The maximum absolute atomic E-state index is 11.8. The third-order valence-electron chi connectivity index (χ3n) is 3.80. The Morgan fingerprint density at radius 1 is 1.44 bits per heavy atom. The second-order valence-corrected chi connectivity index (χ2v) is 5.40. The standard InChI is InChI=1S/C14H29N3O/c1-4-5-9-15-14(18)12(2)16-11-13-8-6-7-10-17(13)3/h12-13,16H,4-11H2,1-3H3,(H,15,18). The molecule has 0 radical (unpaired) electrons. The fourth-order valence-corrected chi connectivity index (χ4v) is 2.35. The van der Waals surface area contributed by atoms with Gasteiger partial charge in [-0.25, -0.2) is 0 Å². The van der Waals surface area contributed by atoms with Crippen LogP contribution in [0.2, 0.25) is 0 Å². The highest BCUT2D eigenvalue weighted by Crippen LogP contribution is 2.14. The molecule has 1 aliphatic rings. The van der Waals surface area contributed by atoms with Gasteiger partial charge >= 0.3 is 0 Å². The predicted octanol–water partition coefficient (Wildman–Crippen LogP) is 1.37. The summed E-state index contributed by atoms with van der Waals surface area (Å²) < 4.78 is 0. The molecular weight excluding hydrogens is 226 g/mol. The number of unbranched alkanes of at least 4 members (excludes halogenated alkanes) is 1. The first-order valence-electron chi connectivity index (χ1n) is 7.36. The summed E-state index contributed by atoms with van der Waals surface area (Å²) in [5.74, 6) is 0.127. The van der Waals surface area contributed by atoms with Crippen molar-refractivity contribution in [3.63, 3.8) is 0 Å². The van der Waals surface area contributed by atoms with Crippen LogP contribution in [0.1, 0.15) is 46.0 Å². The highest BCUT2D eigenvalue weighted by Gasteiger charge is 2.20. The number of carbonyl (C=O) groups is 1. The second-order valence-electron chi connectivity index (χ2n) is 5.40. The number of hydrogen-bond acceptors (Lipinski definition) is 3. The topological polar surface area (TPSA) is 44.4 Å². The van der Waals surface area contributed by atoms with Crippen LogP contribution in [0.5, 0.6) is 0 Å². The predicted molar refractivity (Wildman–Crippen MR) is 75.7 cm³/mol. The molecule has 0 aliphatic carbocycles. The van der Waals surface area contributed by atoms with E-state index in [1.54, 1.807) is 0 Å². The van der Waals surface area contributed by atoms with Crippen molar-refractivity contribution >= 4 is 5.91 Å². The van der Waals surface area contributed by atoms with Crippen LogP contribution in [-0.2, 0) is 4.79 Å². The highest BCUT2D eigenvalue weighted by atomic mass is 16.2. The van der Waals surface area contributed by atoms with Crippen LogP contribution in [0.25, 0.3) is 0 Å². The number of amides is 1. The number of piperidine rings is 1. The lowest BCUT2D eigenvalue weighted by Gasteiger charge is -2.33. The normalized spacial score (nSPS) is 22.7. The first-order valence-corrected chi connectivity index (χ1v) is 7.36. The maximum Gasteiger partial charge on any atom is 0.236 e. The summed E-state index contributed by atoms with van der Waals surface area (Å²) in [6.07, 6.45) is 6.04. The number of carbonyl (C=O) groups excluding carboxylic acids is 1. The summed E-state index contributed by atoms with van der Waals surface area (Å²) in [6, 6.07) is 0.502. The molecule has 2 atom stereocenters. The molecule has 0 aromatic rings. The van der Waals surface area contributed by atoms with Gasteiger partial charge in [-0.05, 0) is 39.8 Å². The molecule has 1 heterocycles. The minimum absolute atomic E-state index is 0.0859. The van der Waals surface area contributed by atoms with E-state index < -0.39 is 0 Å². The van der Waals surface area contributed by atoms with Gasteiger partial charge in [0.1, 0.15) is 0 Å². The molecule has 0 aromatic heterocycles. The van der Waals surface area contributed by atoms with Gasteiger partial charge in [0, 0.05) is 19.1 Å². The van der Waals surface area contributed by atoms with E-state index in [-0.39, 0.29) is 11.9 Å². The van der Waals surface area contributed by atoms with Crippen LogP contribution in [0.4, 0.5) is 0 Å². The Labute approximate surface area is 111 Å². The van der Waals surface area contributed by atoms with Crippen molar-refractivity contribution in [2.24, 2.45) is 0 Å². The summed E-state index contributed by atoms with van der Waals surface area (Å²) in [5.41, 5.74) is 0. The van der Waals surface area contributed by atoms with Gasteiger partial charge in [0.05, 0.1) is 6.04 Å². The Hall–Kier alpha value is -0.610. The molecular formula is C14H29N3O. The molecule has 2 unspecified atom stereocenters. The Morgan fingerprint density at radius 2 is 2.22 bits per heavy atom. The van der Waals surface area contributed by atoms with Crippen molar-refractivity contribution in [1.29, 1.82) is 0 Å². The van der Waals surface area contributed by atoms with E-state index in [1.165, 1.54) is 25.8 Å². The molecule has 0 bridgehead atoms. The fourth-order valence-electron chi connectivity index (χ4n) is 2.35. The number of nitrogens with one attached hydrogen (secondary N) is 2. The summed E-state index contributed by atoms with van der Waals surface area (Å²) >= 11 is 0. The van der Waals surface area contributed by atoms with Gasteiger partial charge in [0.2, 0.25) is 5.91 Å². The molecule has 0 spiro atoms. The van der Waals surface area contributed by atoms with Crippen LogP contribution in [0.3, 0.4) is 0 Å². The fraction of sp³-hybridized carbons (Fsp3) is 0.929. The molecule has 18 heavy (non-hydrogen) atoms. The Morgan fingerprint density at radius 3 is 2.89 bits per heavy atom. The molecule has 0 saturated carbocycles. The van der Waals surface area contributed by atoms with E-state index >= 15 is 0 Å². The molecule has 106 valence electrons. The first-order chi connectivity index (χ1) is 8.65. The molecule has 1 amide bonds. The number of hydrogen-bond donors (Lipinski definition) is 2. The smallest absolute Gasteiger partial charge is 0.236 e. The second kappa shape index (κ2) is 8.48. The monoisotopic (exact) mass is 255 g/mol. The maximum atomic E-state index is 11.8. The molecule has 1 rings (SSSR count). The molecule has 2 N–H and O–H groups in total. The summed E-state index contributed by atoms with van der Waals surface area (Å²) in [5, 5.41) is 6.32. The largest absolute Gasteiger partial charge is 0.355 e. The van der Waals surface area contributed by atoms with Crippen LogP contribution in [0, 0.1) is 0 Å². The minimum Gasteiger partial charge on any atom is -0.355 e. The third kappa shape index (κ3) is 5.36. The number of likely N-dealkylation sites (N-methyl/N-ethyl adjacent to an activating group) is 1. The van der Waals surface area contributed by atoms with Crippen LogP contribution in [-0.4, -0.2) is 49.6 Å². The van der Waals surface area contributed by atoms with E-state index in [4.69, 9.17) is 0 Å². The zero-order chi connectivity index (χ0) is 13.4. The van der Waals surface area contributed by atoms with Crippen molar-refractivity contribution in [3.8, 4) is 0 Å². The van der Waals surface area contributed by atoms with Gasteiger partial charge in [-0.3, -0.25) is 4.79 Å². The van der Waals surface area contributed by atoms with Crippen LogP contribution >= 0.6 is 0 Å². The zero-order valence-electron chi connectivity index (χ0n) is 12.2. The van der Waals surface area contributed by atoms with Crippen molar-refractivity contribution in [1.82, 2.24) is 15.5 Å². The van der Waals surface area contributed by atoms with Crippen LogP contribution < -0.4 is 10.6 Å². The molecule has 1 aliphatic heterocycles. The Balaban J connectivity index is 2.18. The Bertz CT molecular complexity index is 245. The Kier molecular flexibility index (Phi) is 7.28. The molecule has 1 saturated heterocycles. The molecule has 4 nitrogen and oxygen atoms in total. The van der Waals surface area contributed by atoms with E-state index in [1.807, 2.05) is 6.92 Å². The SMILES string of the molecule is CCCCNC(=O)C(C)NCC1CCCCN1C. The van der Waals surface area contributed by atoms with E-state index in [0.29, 0.717) is 6.04 Å². The van der Waals surface area contributed by atoms with Crippen molar-refractivity contribution in [3.05, 3.63) is 0 Å². The van der Waals surface area contributed by atoms with Crippen LogP contribution in [0.15, 0.2) is 0 Å². The number of nitrogens with zero attached hydrogens (tertiary/aromatic N) is 1. The average Bonchev–Trinajstić information content (AvgIpc) is 2.37. The van der Waals surface area contributed by atoms with Gasteiger partial charge in [0.25, 0.3) is 0 Å². The van der Waals surface area contributed by atoms with Gasteiger partial charge in [-0.1, -0.05) is 19.8 Å². The number of rotatable bonds is 7. The van der Waals surface area contributed by atoms with Gasteiger partial charge in [-0.15, -0.1) is 0 Å². The average molecular weight is 255 g/mol. The first kappa shape index (κ1) is 15.4. The minimum atomic E-state index is -0.0859. The van der Waals surface area contributed by atoms with Gasteiger partial charge in [0.15, 0.2) is 0 Å². The molecule has 4 heteroatoms. The van der Waals surface area contributed by atoms with E-state index in [0.717, 1.165) is 25.9 Å². The lowest BCUT2D eigenvalue weighted by atomic mass is 10.0. The van der Waals surface area contributed by atoms with Crippen molar-refractivity contribution < 1.29 is 4.79 Å². The lowest BCUT2D eigenvalue weighted by molar-refractivity contribution is -0.122. The summed E-state index contributed by atoms with van der Waals surface area (Å²) in [7, 11) is 2.18. The van der Waals surface area contributed by atoms with E-state index in [2.05, 4.69) is 29.5 Å². The third-order valence-corrected chi connectivity index (χ3v) is 3.80. The quantitative estimate of drug-likeness (QED) is 0.675. The zero-order valence-corrected chi connectivity index (χ0v) is 12.2. The summed E-state index contributed by atoms with van der Waals surface area (Å²) in [4.78, 5) is 14.2. The highest BCUT2D eigenvalue weighted by molar-refractivity contribution is 5.81. The van der Waals surface area contributed by atoms with Crippen molar-refractivity contribution in [2.75, 3.05) is 26.7 Å². The molecule has 1 fully saturated rings. The van der Waals surface area contributed by atoms with Gasteiger partial charge < -0.3 is 15.5 Å². The van der Waals surface area contributed by atoms with E-state index in [9.17, 15) is 4.79 Å². The lowest BCUT2D eigenvalue weighted by Crippen LogP contribution is -2.49. The number of likely N-dealkylation sites (tertiary alicyclic amines) is 1. The molecule has 0 aromatic carbocycles. The van der Waals surface area contributed by atoms with Gasteiger partial charge in [-0.2, -0.15) is 0 Å².